The van der Waals surface area contributed by atoms with Crippen molar-refractivity contribution in [3.05, 3.63) is 59.2 Å². The normalized spacial score (nSPS) is 14.3. The largest absolute Gasteiger partial charge is 0.457 e. The van der Waals surface area contributed by atoms with E-state index >= 15 is 0 Å². The smallest absolute Gasteiger partial charge is 0.130 e. The zero-order valence-corrected chi connectivity index (χ0v) is 12.7. The van der Waals surface area contributed by atoms with E-state index in [4.69, 9.17) is 4.74 Å². The molecule has 0 spiro atoms. The van der Waals surface area contributed by atoms with Gasteiger partial charge in [0.05, 0.1) is 0 Å². The molecule has 0 aromatic heterocycles. The zero-order chi connectivity index (χ0) is 14.8. The summed E-state index contributed by atoms with van der Waals surface area (Å²) in [5.41, 5.74) is 3.66. The van der Waals surface area contributed by atoms with Gasteiger partial charge in [-0.1, -0.05) is 44.2 Å². The van der Waals surface area contributed by atoms with E-state index in [-0.39, 0.29) is 12.5 Å². The topological polar surface area (TPSA) is 29.5 Å². The number of aliphatic hydroxyl groups excluding tert-OH is 1. The first-order valence-electron chi connectivity index (χ1n) is 7.67. The van der Waals surface area contributed by atoms with Crippen LogP contribution in [-0.2, 0) is 6.42 Å². The molecule has 1 aliphatic heterocycles. The lowest BCUT2D eigenvalue weighted by molar-refractivity contribution is 0.248. The van der Waals surface area contributed by atoms with Crippen molar-refractivity contribution in [2.75, 3.05) is 6.61 Å². The Kier molecular flexibility index (Phi) is 3.98. The van der Waals surface area contributed by atoms with E-state index in [1.165, 1.54) is 16.7 Å². The van der Waals surface area contributed by atoms with Crippen molar-refractivity contribution in [2.45, 2.75) is 32.6 Å². The molecule has 1 N–H and O–H groups in total. The SMILES string of the molecule is CC(C)CC(CO)c1ccc2c(c1)Cc1ccccc1O2. The molecule has 1 heterocycles. The summed E-state index contributed by atoms with van der Waals surface area (Å²) < 4.78 is 5.96. The molecule has 0 fully saturated rings. The van der Waals surface area contributed by atoms with Crippen molar-refractivity contribution in [1.29, 1.82) is 0 Å². The minimum atomic E-state index is 0.203. The monoisotopic (exact) mass is 282 g/mol. The highest BCUT2D eigenvalue weighted by atomic mass is 16.5. The third-order valence-corrected chi connectivity index (χ3v) is 4.11. The molecular formula is C19H22O2. The summed E-state index contributed by atoms with van der Waals surface area (Å²) in [7, 11) is 0. The maximum atomic E-state index is 9.66. The molecule has 0 aliphatic carbocycles. The van der Waals surface area contributed by atoms with E-state index in [1.54, 1.807) is 0 Å². The van der Waals surface area contributed by atoms with E-state index in [9.17, 15) is 5.11 Å². The van der Waals surface area contributed by atoms with Crippen LogP contribution in [0.3, 0.4) is 0 Å². The molecule has 0 saturated heterocycles. The summed E-state index contributed by atoms with van der Waals surface area (Å²) in [4.78, 5) is 0. The lowest BCUT2D eigenvalue weighted by Gasteiger charge is -2.23. The fourth-order valence-electron chi connectivity index (χ4n) is 3.05. The predicted octanol–water partition coefficient (Wildman–Crippen LogP) is 4.51. The van der Waals surface area contributed by atoms with Gasteiger partial charge in [0, 0.05) is 18.9 Å². The number of rotatable bonds is 4. The third kappa shape index (κ3) is 2.96. The quantitative estimate of drug-likeness (QED) is 0.763. The van der Waals surface area contributed by atoms with Crippen molar-refractivity contribution < 1.29 is 9.84 Å². The summed E-state index contributed by atoms with van der Waals surface area (Å²) in [5.74, 6) is 2.69. The van der Waals surface area contributed by atoms with Crippen LogP contribution in [0.25, 0.3) is 0 Å². The van der Waals surface area contributed by atoms with Crippen LogP contribution in [-0.4, -0.2) is 11.7 Å². The van der Waals surface area contributed by atoms with Gasteiger partial charge < -0.3 is 9.84 Å². The van der Waals surface area contributed by atoms with E-state index in [2.05, 4.69) is 32.0 Å². The molecule has 2 nitrogen and oxygen atoms in total. The average molecular weight is 282 g/mol. The summed E-state index contributed by atoms with van der Waals surface area (Å²) in [6.07, 6.45) is 1.91. The minimum absolute atomic E-state index is 0.203. The Labute approximate surface area is 126 Å². The Hall–Kier alpha value is -1.80. The Morgan fingerprint density at radius 3 is 2.57 bits per heavy atom. The first-order valence-corrected chi connectivity index (χ1v) is 7.67. The number of hydrogen-bond acceptors (Lipinski definition) is 2. The van der Waals surface area contributed by atoms with Crippen LogP contribution in [0.15, 0.2) is 42.5 Å². The maximum Gasteiger partial charge on any atom is 0.130 e. The number of para-hydroxylation sites is 1. The lowest BCUT2D eigenvalue weighted by atomic mass is 9.88. The molecule has 2 aromatic carbocycles. The fourth-order valence-corrected chi connectivity index (χ4v) is 3.05. The van der Waals surface area contributed by atoms with Gasteiger partial charge in [0.1, 0.15) is 11.5 Å². The van der Waals surface area contributed by atoms with Crippen LogP contribution in [0.2, 0.25) is 0 Å². The van der Waals surface area contributed by atoms with Gasteiger partial charge in [0.15, 0.2) is 0 Å². The Balaban J connectivity index is 1.89. The second-order valence-corrected chi connectivity index (χ2v) is 6.26. The van der Waals surface area contributed by atoms with Gasteiger partial charge >= 0.3 is 0 Å². The van der Waals surface area contributed by atoms with Gasteiger partial charge in [-0.25, -0.2) is 0 Å². The first-order chi connectivity index (χ1) is 10.2. The molecule has 0 bridgehead atoms. The molecule has 1 unspecified atom stereocenters. The molecule has 110 valence electrons. The molecular weight excluding hydrogens is 260 g/mol. The number of benzene rings is 2. The third-order valence-electron chi connectivity index (χ3n) is 4.11. The highest BCUT2D eigenvalue weighted by Gasteiger charge is 2.19. The summed E-state index contributed by atoms with van der Waals surface area (Å²) in [6, 6.07) is 14.5. The first kappa shape index (κ1) is 14.2. The van der Waals surface area contributed by atoms with Gasteiger partial charge in [-0.2, -0.15) is 0 Å². The van der Waals surface area contributed by atoms with Crippen LogP contribution < -0.4 is 4.74 Å². The molecule has 0 saturated carbocycles. The van der Waals surface area contributed by atoms with E-state index in [1.807, 2.05) is 24.3 Å². The van der Waals surface area contributed by atoms with Gasteiger partial charge in [0.2, 0.25) is 0 Å². The van der Waals surface area contributed by atoms with E-state index < -0.39 is 0 Å². The van der Waals surface area contributed by atoms with E-state index in [0.717, 1.165) is 24.3 Å². The lowest BCUT2D eigenvalue weighted by Crippen LogP contribution is -2.09. The van der Waals surface area contributed by atoms with E-state index in [0.29, 0.717) is 5.92 Å². The summed E-state index contributed by atoms with van der Waals surface area (Å²) >= 11 is 0. The highest BCUT2D eigenvalue weighted by Crippen LogP contribution is 2.38. The Bertz CT molecular complexity index is 631. The highest BCUT2D eigenvalue weighted by molar-refractivity contribution is 5.51. The van der Waals surface area contributed by atoms with Crippen LogP contribution in [0.4, 0.5) is 0 Å². The second-order valence-electron chi connectivity index (χ2n) is 6.26. The van der Waals surface area contributed by atoms with Crippen molar-refractivity contribution in [1.82, 2.24) is 0 Å². The summed E-state index contributed by atoms with van der Waals surface area (Å²) in [5, 5.41) is 9.66. The van der Waals surface area contributed by atoms with Crippen LogP contribution in [0, 0.1) is 5.92 Å². The van der Waals surface area contributed by atoms with Crippen LogP contribution in [0.1, 0.15) is 42.9 Å². The van der Waals surface area contributed by atoms with Crippen LogP contribution >= 0.6 is 0 Å². The van der Waals surface area contributed by atoms with Gasteiger partial charge in [-0.3, -0.25) is 0 Å². The second kappa shape index (κ2) is 5.90. The van der Waals surface area contributed by atoms with Gasteiger partial charge in [-0.15, -0.1) is 0 Å². The molecule has 2 aromatic rings. The minimum Gasteiger partial charge on any atom is -0.457 e. The Morgan fingerprint density at radius 1 is 1.05 bits per heavy atom. The predicted molar refractivity (Wildman–Crippen MR) is 85.0 cm³/mol. The number of fused-ring (bicyclic) bond motifs is 2. The Morgan fingerprint density at radius 2 is 1.81 bits per heavy atom. The fraction of sp³-hybridized carbons (Fsp3) is 0.368. The summed E-state index contributed by atoms with van der Waals surface area (Å²) in [6.45, 7) is 4.59. The number of aliphatic hydroxyl groups is 1. The molecule has 0 amide bonds. The zero-order valence-electron chi connectivity index (χ0n) is 12.7. The molecule has 2 heteroatoms. The molecule has 3 rings (SSSR count). The molecule has 0 radical (unpaired) electrons. The van der Waals surface area contributed by atoms with Crippen molar-refractivity contribution in [3.8, 4) is 11.5 Å². The number of ether oxygens (including phenoxy) is 1. The molecule has 1 atom stereocenters. The van der Waals surface area contributed by atoms with Crippen molar-refractivity contribution in [3.63, 3.8) is 0 Å². The van der Waals surface area contributed by atoms with Crippen molar-refractivity contribution >= 4 is 0 Å². The average Bonchev–Trinajstić information content (AvgIpc) is 2.49. The standard InChI is InChI=1S/C19H22O2/c1-13(2)9-17(12-20)14-7-8-19-16(10-14)11-15-5-3-4-6-18(15)21-19/h3-8,10,13,17,20H,9,11-12H2,1-2H3. The number of hydrogen-bond donors (Lipinski definition) is 1. The van der Waals surface area contributed by atoms with Gasteiger partial charge in [-0.05, 0) is 41.2 Å². The molecule has 1 aliphatic rings. The van der Waals surface area contributed by atoms with Crippen LogP contribution in [0.5, 0.6) is 11.5 Å². The van der Waals surface area contributed by atoms with Crippen molar-refractivity contribution in [2.24, 2.45) is 5.92 Å². The molecule has 21 heavy (non-hydrogen) atoms. The van der Waals surface area contributed by atoms with Gasteiger partial charge in [0.25, 0.3) is 0 Å². The maximum absolute atomic E-state index is 9.66.